The van der Waals surface area contributed by atoms with Crippen molar-refractivity contribution in [2.75, 3.05) is 30.8 Å². The Hall–Kier alpha value is -2.58. The number of benzene rings is 1. The van der Waals surface area contributed by atoms with Crippen LogP contribution in [0.4, 0.5) is 11.5 Å². The number of nitrogens with zero attached hydrogens (tertiary/aromatic N) is 3. The number of hydrogen-bond acceptors (Lipinski definition) is 5. The predicted octanol–water partition coefficient (Wildman–Crippen LogP) is 2.55. The molecule has 8 nitrogen and oxygen atoms in total. The second-order valence-electron chi connectivity index (χ2n) is 8.70. The van der Waals surface area contributed by atoms with Crippen LogP contribution >= 0.6 is 11.6 Å². The van der Waals surface area contributed by atoms with Crippen LogP contribution in [0.15, 0.2) is 33.9 Å². The summed E-state index contributed by atoms with van der Waals surface area (Å²) in [5.41, 5.74) is 6.00. The van der Waals surface area contributed by atoms with Gasteiger partial charge in [0.15, 0.2) is 5.69 Å². The van der Waals surface area contributed by atoms with Crippen molar-refractivity contribution in [3.63, 3.8) is 0 Å². The van der Waals surface area contributed by atoms with E-state index in [4.69, 9.17) is 17.3 Å². The summed E-state index contributed by atoms with van der Waals surface area (Å²) in [6.07, 6.45) is 0. The molecular formula is C22H32ClN5O3. The third-order valence-corrected chi connectivity index (χ3v) is 4.86. The van der Waals surface area contributed by atoms with E-state index in [2.05, 4.69) is 4.98 Å². The first-order valence-corrected chi connectivity index (χ1v) is 10.7. The van der Waals surface area contributed by atoms with Gasteiger partial charge in [0.25, 0.3) is 5.56 Å². The van der Waals surface area contributed by atoms with Gasteiger partial charge in [0, 0.05) is 24.7 Å². The lowest BCUT2D eigenvalue weighted by atomic mass is 10.2. The zero-order chi connectivity index (χ0) is 23.3. The Bertz CT molecular complexity index is 1030. The summed E-state index contributed by atoms with van der Waals surface area (Å²) in [6, 6.07) is 7.43. The van der Waals surface area contributed by atoms with Crippen molar-refractivity contribution in [1.29, 1.82) is 0 Å². The van der Waals surface area contributed by atoms with E-state index in [9.17, 15) is 14.4 Å². The average Bonchev–Trinajstić information content (AvgIpc) is 2.63. The minimum atomic E-state index is -0.658. The summed E-state index contributed by atoms with van der Waals surface area (Å²) in [5, 5.41) is 0.630. The van der Waals surface area contributed by atoms with Gasteiger partial charge in [-0.1, -0.05) is 51.4 Å². The average molecular weight is 450 g/mol. The number of nitrogen functional groups attached to an aromatic ring is 1. The molecule has 1 aromatic carbocycles. The molecule has 3 N–H and O–H groups in total. The van der Waals surface area contributed by atoms with Crippen LogP contribution in [0.25, 0.3) is 0 Å². The monoisotopic (exact) mass is 449 g/mol. The number of aromatic nitrogens is 2. The van der Waals surface area contributed by atoms with Gasteiger partial charge in [0.1, 0.15) is 5.82 Å². The highest BCUT2D eigenvalue weighted by molar-refractivity contribution is 6.30. The SMILES string of the molecule is CC(C)CN(C(=O)CN(C)Cc1cccc(Cl)c1)c1c(N)n(CC(C)C)c(=O)[nH]c1=O. The van der Waals surface area contributed by atoms with Crippen LogP contribution in [0.3, 0.4) is 0 Å². The van der Waals surface area contributed by atoms with E-state index in [1.165, 1.54) is 9.47 Å². The number of aromatic amines is 1. The number of halogens is 1. The molecule has 0 saturated carbocycles. The molecule has 0 atom stereocenters. The first kappa shape index (κ1) is 24.7. The maximum Gasteiger partial charge on any atom is 0.330 e. The van der Waals surface area contributed by atoms with Crippen LogP contribution in [0.2, 0.25) is 5.02 Å². The summed E-state index contributed by atoms with van der Waals surface area (Å²) >= 11 is 6.05. The molecule has 0 unspecified atom stereocenters. The molecule has 0 spiro atoms. The third kappa shape index (κ3) is 6.70. The smallest absolute Gasteiger partial charge is 0.330 e. The number of H-pyrrole nitrogens is 1. The fourth-order valence-corrected chi connectivity index (χ4v) is 3.60. The standard InChI is InChI=1S/C22H32ClN5O3/c1-14(2)10-27(18(29)13-26(5)12-16-7-6-8-17(23)9-16)19-20(24)28(11-15(3)4)22(31)25-21(19)30/h6-9,14-15H,10-13,24H2,1-5H3,(H,25,30,31). The molecule has 31 heavy (non-hydrogen) atoms. The molecule has 0 radical (unpaired) electrons. The summed E-state index contributed by atoms with van der Waals surface area (Å²) < 4.78 is 1.32. The predicted molar refractivity (Wildman–Crippen MR) is 126 cm³/mol. The second-order valence-corrected chi connectivity index (χ2v) is 9.13. The Kier molecular flexibility index (Phi) is 8.47. The van der Waals surface area contributed by atoms with Crippen LogP contribution < -0.4 is 21.9 Å². The first-order chi connectivity index (χ1) is 14.5. The van der Waals surface area contributed by atoms with E-state index in [1.54, 1.807) is 6.07 Å². The van der Waals surface area contributed by atoms with Crippen molar-refractivity contribution in [3.05, 3.63) is 55.7 Å². The van der Waals surface area contributed by atoms with Crippen molar-refractivity contribution < 1.29 is 4.79 Å². The van der Waals surface area contributed by atoms with Crippen molar-refractivity contribution in [3.8, 4) is 0 Å². The van der Waals surface area contributed by atoms with Crippen molar-refractivity contribution in [2.45, 2.75) is 40.8 Å². The number of nitrogens with one attached hydrogen (secondary N) is 1. The number of amides is 1. The number of hydrogen-bond donors (Lipinski definition) is 2. The Morgan fingerprint density at radius 2 is 1.87 bits per heavy atom. The van der Waals surface area contributed by atoms with Gasteiger partial charge in [0.2, 0.25) is 5.91 Å². The maximum atomic E-state index is 13.2. The molecule has 0 bridgehead atoms. The normalized spacial score (nSPS) is 11.5. The highest BCUT2D eigenvalue weighted by atomic mass is 35.5. The minimum absolute atomic E-state index is 0.00828. The van der Waals surface area contributed by atoms with E-state index < -0.39 is 11.2 Å². The largest absolute Gasteiger partial charge is 0.383 e. The van der Waals surface area contributed by atoms with E-state index in [0.29, 0.717) is 24.7 Å². The van der Waals surface area contributed by atoms with Gasteiger partial charge in [0.05, 0.1) is 6.54 Å². The summed E-state index contributed by atoms with van der Waals surface area (Å²) in [5.74, 6) is -0.0394. The van der Waals surface area contributed by atoms with Crippen LogP contribution in [0, 0.1) is 11.8 Å². The van der Waals surface area contributed by atoms with Gasteiger partial charge in [-0.25, -0.2) is 4.79 Å². The number of nitrogens with two attached hydrogens (primary N) is 1. The summed E-state index contributed by atoms with van der Waals surface area (Å²) in [7, 11) is 1.82. The van der Waals surface area contributed by atoms with Gasteiger partial charge in [-0.2, -0.15) is 0 Å². The minimum Gasteiger partial charge on any atom is -0.383 e. The van der Waals surface area contributed by atoms with Gasteiger partial charge < -0.3 is 10.6 Å². The molecular weight excluding hydrogens is 418 g/mol. The Balaban J connectivity index is 2.36. The van der Waals surface area contributed by atoms with E-state index in [1.807, 2.05) is 57.8 Å². The number of likely N-dealkylation sites (N-methyl/N-ethyl adjacent to an activating group) is 1. The molecule has 0 aliphatic rings. The quantitative estimate of drug-likeness (QED) is 0.612. The first-order valence-electron chi connectivity index (χ1n) is 10.4. The van der Waals surface area contributed by atoms with Gasteiger partial charge in [-0.15, -0.1) is 0 Å². The van der Waals surface area contributed by atoms with Crippen molar-refractivity contribution in [2.24, 2.45) is 11.8 Å². The molecule has 0 saturated heterocycles. The fourth-order valence-electron chi connectivity index (χ4n) is 3.39. The Labute approximate surface area is 187 Å². The van der Waals surface area contributed by atoms with Crippen LogP contribution in [0.1, 0.15) is 33.3 Å². The van der Waals surface area contributed by atoms with E-state index in [-0.39, 0.29) is 35.8 Å². The third-order valence-electron chi connectivity index (χ3n) is 4.63. The molecule has 0 aliphatic carbocycles. The molecule has 0 fully saturated rings. The molecule has 1 heterocycles. The lowest BCUT2D eigenvalue weighted by molar-refractivity contribution is -0.119. The number of rotatable bonds is 9. The highest BCUT2D eigenvalue weighted by Gasteiger charge is 2.26. The van der Waals surface area contributed by atoms with Crippen LogP contribution in [-0.2, 0) is 17.9 Å². The molecule has 2 aromatic rings. The highest BCUT2D eigenvalue weighted by Crippen LogP contribution is 2.20. The second kappa shape index (κ2) is 10.6. The van der Waals surface area contributed by atoms with Crippen LogP contribution in [-0.4, -0.2) is 40.5 Å². The van der Waals surface area contributed by atoms with E-state index in [0.717, 1.165) is 5.56 Å². The van der Waals surface area contributed by atoms with Gasteiger partial charge in [-0.3, -0.25) is 24.0 Å². The Morgan fingerprint density at radius 1 is 1.19 bits per heavy atom. The fraction of sp³-hybridized carbons (Fsp3) is 0.500. The summed E-state index contributed by atoms with van der Waals surface area (Å²) in [6.45, 7) is 9.01. The molecule has 1 amide bonds. The lowest BCUT2D eigenvalue weighted by Gasteiger charge is -2.28. The number of carbonyl (C=O) groups excluding carboxylic acids is 1. The molecule has 170 valence electrons. The van der Waals surface area contributed by atoms with Crippen LogP contribution in [0.5, 0.6) is 0 Å². The Morgan fingerprint density at radius 3 is 2.45 bits per heavy atom. The van der Waals surface area contributed by atoms with Crippen molar-refractivity contribution in [1.82, 2.24) is 14.5 Å². The van der Waals surface area contributed by atoms with E-state index >= 15 is 0 Å². The lowest BCUT2D eigenvalue weighted by Crippen LogP contribution is -2.46. The zero-order valence-electron chi connectivity index (χ0n) is 18.8. The maximum absolute atomic E-state index is 13.2. The molecule has 1 aromatic heterocycles. The number of anilines is 2. The van der Waals surface area contributed by atoms with Gasteiger partial charge in [-0.05, 0) is 36.6 Å². The molecule has 0 aliphatic heterocycles. The van der Waals surface area contributed by atoms with Crippen molar-refractivity contribution >= 4 is 29.0 Å². The summed E-state index contributed by atoms with van der Waals surface area (Å²) in [4.78, 5) is 43.7. The van der Waals surface area contributed by atoms with Gasteiger partial charge >= 0.3 is 5.69 Å². The molecule has 2 rings (SSSR count). The number of carbonyl (C=O) groups is 1. The topological polar surface area (TPSA) is 104 Å². The zero-order valence-corrected chi connectivity index (χ0v) is 19.6. The molecule has 9 heteroatoms.